The van der Waals surface area contributed by atoms with Gasteiger partial charge in [0.15, 0.2) is 5.11 Å². The summed E-state index contributed by atoms with van der Waals surface area (Å²) < 4.78 is 40.3. The third-order valence-electron chi connectivity index (χ3n) is 6.50. The van der Waals surface area contributed by atoms with E-state index in [1.54, 1.807) is 0 Å². The minimum atomic E-state index is -4.74. The van der Waals surface area contributed by atoms with Crippen molar-refractivity contribution in [1.29, 1.82) is 5.26 Å². The van der Waals surface area contributed by atoms with Gasteiger partial charge in [-0.25, -0.2) is 0 Å². The first-order chi connectivity index (χ1) is 16.1. The summed E-state index contributed by atoms with van der Waals surface area (Å²) in [7, 11) is 0. The fourth-order valence-electron chi connectivity index (χ4n) is 4.65. The molecule has 4 rings (SSSR count). The molecule has 6 nitrogen and oxygen atoms in total. The number of amides is 2. The first-order valence-electron chi connectivity index (χ1n) is 10.7. The predicted molar refractivity (Wildman–Crippen MR) is 123 cm³/mol. The number of benzene rings is 2. The summed E-state index contributed by atoms with van der Waals surface area (Å²) in [6, 6.07) is 12.4. The summed E-state index contributed by atoms with van der Waals surface area (Å²) >= 11 is 5.35. The lowest BCUT2D eigenvalue weighted by atomic mass is 9.63. The number of nitrogens with zero attached hydrogens (tertiary/aromatic N) is 2. The summed E-state index contributed by atoms with van der Waals surface area (Å²) in [4.78, 5) is 25.5. The number of carbonyl (C=O) groups is 2. The SMILES string of the molecule is N#Cc1ccc(N2C(=O)C3(CCC3c3ccc(CCCC(N)=O)cc3)NC2=S)cc1C(F)(F)F. The van der Waals surface area contributed by atoms with Crippen molar-refractivity contribution >= 4 is 34.8 Å². The minimum Gasteiger partial charge on any atom is -0.370 e. The number of primary amides is 1. The zero-order chi connectivity index (χ0) is 24.7. The van der Waals surface area contributed by atoms with E-state index >= 15 is 0 Å². The lowest BCUT2D eigenvalue weighted by Crippen LogP contribution is -2.58. The van der Waals surface area contributed by atoms with Gasteiger partial charge in [-0.3, -0.25) is 14.5 Å². The average Bonchev–Trinajstić information content (AvgIpc) is 3.05. The average molecular weight is 487 g/mol. The number of carbonyl (C=O) groups excluding carboxylic acids is 2. The van der Waals surface area contributed by atoms with Gasteiger partial charge >= 0.3 is 6.18 Å². The van der Waals surface area contributed by atoms with Gasteiger partial charge in [0.1, 0.15) is 5.54 Å². The van der Waals surface area contributed by atoms with E-state index in [1.165, 1.54) is 12.1 Å². The molecule has 2 aliphatic rings. The van der Waals surface area contributed by atoms with E-state index < -0.39 is 28.7 Å². The van der Waals surface area contributed by atoms with E-state index in [9.17, 15) is 22.8 Å². The van der Waals surface area contributed by atoms with E-state index in [0.717, 1.165) is 34.6 Å². The van der Waals surface area contributed by atoms with Crippen molar-refractivity contribution in [2.45, 2.75) is 49.7 Å². The third-order valence-corrected chi connectivity index (χ3v) is 6.78. The lowest BCUT2D eigenvalue weighted by Gasteiger charge is -2.45. The van der Waals surface area contributed by atoms with Gasteiger partial charge in [-0.1, -0.05) is 24.3 Å². The normalized spacial score (nSPS) is 21.8. The zero-order valence-corrected chi connectivity index (χ0v) is 18.8. The van der Waals surface area contributed by atoms with Gasteiger partial charge < -0.3 is 11.1 Å². The van der Waals surface area contributed by atoms with Crippen LogP contribution in [0, 0.1) is 11.3 Å². The van der Waals surface area contributed by atoms with Crippen LogP contribution in [0.3, 0.4) is 0 Å². The fraction of sp³-hybridized carbons (Fsp3) is 0.333. The fourth-order valence-corrected chi connectivity index (χ4v) is 5.02. The highest BCUT2D eigenvalue weighted by atomic mass is 32.1. The topological polar surface area (TPSA) is 99.2 Å². The molecule has 1 saturated heterocycles. The maximum absolute atomic E-state index is 13.5. The van der Waals surface area contributed by atoms with Gasteiger partial charge in [-0.05, 0) is 67.2 Å². The summed E-state index contributed by atoms with van der Waals surface area (Å²) in [5.41, 5.74) is 4.46. The third kappa shape index (κ3) is 4.12. The number of nitrogens with one attached hydrogen (secondary N) is 1. The highest BCUT2D eigenvalue weighted by molar-refractivity contribution is 7.80. The number of nitriles is 1. The van der Waals surface area contributed by atoms with Crippen LogP contribution in [0.2, 0.25) is 0 Å². The summed E-state index contributed by atoms with van der Waals surface area (Å²) in [5.74, 6) is -0.941. The monoisotopic (exact) mass is 486 g/mol. The highest BCUT2D eigenvalue weighted by Gasteiger charge is 2.60. The molecule has 1 heterocycles. The van der Waals surface area contributed by atoms with Gasteiger partial charge in [0, 0.05) is 12.3 Å². The van der Waals surface area contributed by atoms with E-state index in [4.69, 9.17) is 23.2 Å². The molecule has 176 valence electrons. The largest absolute Gasteiger partial charge is 0.417 e. The second-order valence-corrected chi connectivity index (χ2v) is 8.92. The Hall–Kier alpha value is -3.45. The van der Waals surface area contributed by atoms with E-state index in [0.29, 0.717) is 25.7 Å². The molecule has 3 N–H and O–H groups in total. The van der Waals surface area contributed by atoms with Crippen LogP contribution in [0.1, 0.15) is 53.9 Å². The van der Waals surface area contributed by atoms with Crippen molar-refractivity contribution in [3.8, 4) is 6.07 Å². The van der Waals surface area contributed by atoms with Crippen LogP contribution in [-0.4, -0.2) is 22.5 Å². The molecule has 2 aromatic rings. The number of hydrogen-bond donors (Lipinski definition) is 2. The summed E-state index contributed by atoms with van der Waals surface area (Å²) in [5, 5.41) is 12.1. The first-order valence-corrected chi connectivity index (χ1v) is 11.1. The highest BCUT2D eigenvalue weighted by Crippen LogP contribution is 2.50. The van der Waals surface area contributed by atoms with Gasteiger partial charge in [0.2, 0.25) is 5.91 Å². The van der Waals surface area contributed by atoms with Crippen LogP contribution in [0.4, 0.5) is 18.9 Å². The Morgan fingerprint density at radius 1 is 1.26 bits per heavy atom. The molecule has 1 aliphatic carbocycles. The van der Waals surface area contributed by atoms with Gasteiger partial charge in [0.05, 0.1) is 22.9 Å². The minimum absolute atomic E-state index is 0.0267. The number of alkyl halides is 3. The van der Waals surface area contributed by atoms with Crippen LogP contribution in [0.5, 0.6) is 0 Å². The van der Waals surface area contributed by atoms with Crippen LogP contribution in [0.25, 0.3) is 0 Å². The molecule has 0 aromatic heterocycles. The lowest BCUT2D eigenvalue weighted by molar-refractivity contribution is -0.137. The smallest absolute Gasteiger partial charge is 0.370 e. The first kappa shape index (κ1) is 23.7. The van der Waals surface area contributed by atoms with E-state index in [2.05, 4.69) is 5.32 Å². The van der Waals surface area contributed by atoms with Crippen LogP contribution >= 0.6 is 12.2 Å². The van der Waals surface area contributed by atoms with Gasteiger partial charge in [0.25, 0.3) is 5.91 Å². The molecule has 2 atom stereocenters. The maximum atomic E-state index is 13.5. The maximum Gasteiger partial charge on any atom is 0.417 e. The Balaban J connectivity index is 1.57. The van der Waals surface area contributed by atoms with E-state index in [-0.39, 0.29) is 22.6 Å². The molecule has 34 heavy (non-hydrogen) atoms. The number of anilines is 1. The molecule has 10 heteroatoms. The van der Waals surface area contributed by atoms with Crippen molar-refractivity contribution in [2.24, 2.45) is 5.73 Å². The molecule has 2 amide bonds. The number of hydrogen-bond acceptors (Lipinski definition) is 4. The second-order valence-electron chi connectivity index (χ2n) is 8.53. The van der Waals surface area contributed by atoms with Crippen LogP contribution in [0.15, 0.2) is 42.5 Å². The van der Waals surface area contributed by atoms with Crippen molar-refractivity contribution in [1.82, 2.24) is 5.32 Å². The molecule has 0 bridgehead atoms. The Bertz CT molecular complexity index is 1210. The second kappa shape index (κ2) is 8.72. The summed E-state index contributed by atoms with van der Waals surface area (Å²) in [6.07, 6.45) is -1.86. The van der Waals surface area contributed by atoms with Gasteiger partial charge in [-0.15, -0.1) is 0 Å². The molecule has 2 fully saturated rings. The standard InChI is InChI=1S/C24H21F3N4O2S/c25-24(26,27)19-12-17(9-8-16(19)13-28)31-21(33)23(30-22(31)34)11-10-18(23)15-6-4-14(5-7-15)2-1-3-20(29)32/h4-9,12,18H,1-3,10-11H2,(H2,29,32)(H,30,34). The van der Waals surface area contributed by atoms with Crippen molar-refractivity contribution < 1.29 is 22.8 Å². The van der Waals surface area contributed by atoms with Crippen molar-refractivity contribution in [3.63, 3.8) is 0 Å². The Morgan fingerprint density at radius 3 is 2.53 bits per heavy atom. The molecular weight excluding hydrogens is 465 g/mol. The zero-order valence-electron chi connectivity index (χ0n) is 18.0. The van der Waals surface area contributed by atoms with Crippen LogP contribution < -0.4 is 16.0 Å². The number of nitrogens with two attached hydrogens (primary N) is 1. The Kier molecular flexibility index (Phi) is 6.08. The Morgan fingerprint density at radius 2 is 1.97 bits per heavy atom. The Labute approximate surface area is 199 Å². The molecule has 1 aliphatic heterocycles. The quantitative estimate of drug-likeness (QED) is 0.603. The number of aryl methyl sites for hydroxylation is 1. The van der Waals surface area contributed by atoms with E-state index in [1.807, 2.05) is 24.3 Å². The molecule has 1 spiro atoms. The number of rotatable bonds is 6. The number of halogens is 3. The van der Waals surface area contributed by atoms with Gasteiger partial charge in [-0.2, -0.15) is 18.4 Å². The molecule has 1 saturated carbocycles. The molecule has 2 unspecified atom stereocenters. The predicted octanol–water partition coefficient (Wildman–Crippen LogP) is 3.92. The molecule has 2 aromatic carbocycles. The summed E-state index contributed by atoms with van der Waals surface area (Å²) in [6.45, 7) is 0. The van der Waals surface area contributed by atoms with Crippen LogP contribution in [-0.2, 0) is 22.2 Å². The van der Waals surface area contributed by atoms with Crippen molar-refractivity contribution in [2.75, 3.05) is 4.90 Å². The number of thiocarbonyl (C=S) groups is 1. The van der Waals surface area contributed by atoms with Crippen molar-refractivity contribution in [3.05, 3.63) is 64.7 Å². The molecule has 0 radical (unpaired) electrons. The molecular formula is C24H21F3N4O2S.